The molecule has 0 radical (unpaired) electrons. The van der Waals surface area contributed by atoms with Crippen molar-refractivity contribution in [3.63, 3.8) is 0 Å². The number of hydrogen-bond acceptors (Lipinski definition) is 2. The first kappa shape index (κ1) is 29.2. The van der Waals surface area contributed by atoms with Crippen LogP contribution in [-0.4, -0.2) is 4.57 Å². The van der Waals surface area contributed by atoms with Crippen molar-refractivity contribution < 1.29 is 9.13 Å². The predicted octanol–water partition coefficient (Wildman–Crippen LogP) is 8.06. The maximum absolute atomic E-state index is 15.7. The van der Waals surface area contributed by atoms with Gasteiger partial charge in [0.05, 0.1) is 11.0 Å². The zero-order valence-corrected chi connectivity index (χ0v) is 27.3. The Morgan fingerprint density at radius 2 is 0.745 bits per heavy atom. The zero-order chi connectivity index (χ0) is 31.8. The number of fused-ring (bicyclic) bond motifs is 3. The van der Waals surface area contributed by atoms with Gasteiger partial charge in [-0.15, -0.1) is 0 Å². The maximum Gasteiger partial charge on any atom is 0.173 e. The van der Waals surface area contributed by atoms with Crippen molar-refractivity contribution in [3.05, 3.63) is 188 Å². The van der Waals surface area contributed by atoms with Crippen LogP contribution in [0.3, 0.4) is 0 Å². The summed E-state index contributed by atoms with van der Waals surface area (Å²) in [6, 6.07) is 61.7. The third kappa shape index (κ3) is 4.74. The molecule has 0 aliphatic rings. The average Bonchev–Trinajstić information content (AvgIpc) is 3.50. The van der Waals surface area contributed by atoms with E-state index in [0.29, 0.717) is 0 Å². The highest BCUT2D eigenvalue weighted by Crippen LogP contribution is 2.47. The van der Waals surface area contributed by atoms with Gasteiger partial charge in [0.2, 0.25) is 0 Å². The third-order valence-electron chi connectivity index (χ3n) is 8.96. The van der Waals surface area contributed by atoms with Gasteiger partial charge < -0.3 is 13.7 Å². The second-order valence-electron chi connectivity index (χ2n) is 11.6. The van der Waals surface area contributed by atoms with Gasteiger partial charge >= 0.3 is 0 Å². The molecule has 8 rings (SSSR count). The van der Waals surface area contributed by atoms with E-state index in [1.54, 1.807) is 0 Å². The molecule has 1 heterocycles. The maximum atomic E-state index is 15.7. The van der Waals surface area contributed by atoms with Gasteiger partial charge in [-0.05, 0) is 36.4 Å². The molecule has 0 amide bonds. The van der Waals surface area contributed by atoms with Crippen LogP contribution in [-0.2, 0) is 9.13 Å². The molecule has 7 aromatic carbocycles. The van der Waals surface area contributed by atoms with Crippen LogP contribution in [0.4, 0.5) is 0 Å². The first-order chi connectivity index (χ1) is 23.1. The van der Waals surface area contributed by atoms with Crippen molar-refractivity contribution >= 4 is 67.9 Å². The van der Waals surface area contributed by atoms with E-state index in [2.05, 4.69) is 22.8 Å². The lowest BCUT2D eigenvalue weighted by Gasteiger charge is -2.23. The molecule has 0 N–H and O–H groups in total. The minimum atomic E-state index is -3.31. The summed E-state index contributed by atoms with van der Waals surface area (Å²) in [6.45, 7) is 0. The minimum absolute atomic E-state index is 0.763. The highest BCUT2D eigenvalue weighted by atomic mass is 31.2. The van der Waals surface area contributed by atoms with Gasteiger partial charge in [-0.1, -0.05) is 152 Å². The third-order valence-corrected chi connectivity index (χ3v) is 15.1. The van der Waals surface area contributed by atoms with Crippen LogP contribution in [0.1, 0.15) is 0 Å². The summed E-state index contributed by atoms with van der Waals surface area (Å²) in [6.07, 6.45) is 0. The standard InChI is InChI=1S/C42H31NO2P2/c44-46(33-16-5-1-6-17-33,34-18-7-2-8-19-34)37-30-28-32(29-31-37)43-40-26-14-13-24-38(40)39-25-15-27-41(42(39)43)47(45,35-20-9-3-10-21-35)36-22-11-4-12-23-36/h1-31H. The lowest BCUT2D eigenvalue weighted by Crippen LogP contribution is -2.26. The van der Waals surface area contributed by atoms with Crippen LogP contribution in [0, 0.1) is 0 Å². The summed E-state index contributed by atoms with van der Waals surface area (Å²) in [5.74, 6) is 0. The molecule has 0 aliphatic heterocycles. The van der Waals surface area contributed by atoms with Crippen molar-refractivity contribution in [3.8, 4) is 5.69 Å². The predicted molar refractivity (Wildman–Crippen MR) is 200 cm³/mol. The molecule has 0 saturated carbocycles. The van der Waals surface area contributed by atoms with E-state index in [0.717, 1.165) is 59.3 Å². The first-order valence-electron chi connectivity index (χ1n) is 15.7. The molecule has 8 aromatic rings. The number of para-hydroxylation sites is 2. The fourth-order valence-electron chi connectivity index (χ4n) is 6.76. The van der Waals surface area contributed by atoms with Crippen molar-refractivity contribution in [2.24, 2.45) is 0 Å². The molecule has 1 aromatic heterocycles. The Morgan fingerprint density at radius 3 is 1.26 bits per heavy atom. The molecule has 0 unspecified atom stereocenters. The summed E-state index contributed by atoms with van der Waals surface area (Å²) in [5.41, 5.74) is 2.84. The molecule has 226 valence electrons. The van der Waals surface area contributed by atoms with Gasteiger partial charge in [0, 0.05) is 48.3 Å². The van der Waals surface area contributed by atoms with E-state index in [4.69, 9.17) is 0 Å². The van der Waals surface area contributed by atoms with Crippen molar-refractivity contribution in [1.82, 2.24) is 4.57 Å². The Kier molecular flexibility index (Phi) is 7.38. The van der Waals surface area contributed by atoms with Gasteiger partial charge in [-0.3, -0.25) is 0 Å². The molecule has 0 bridgehead atoms. The highest BCUT2D eigenvalue weighted by molar-refractivity contribution is 7.86. The van der Waals surface area contributed by atoms with Gasteiger partial charge in [0.1, 0.15) is 0 Å². The number of rotatable bonds is 7. The fourth-order valence-corrected chi connectivity index (χ4v) is 12.3. The van der Waals surface area contributed by atoms with Gasteiger partial charge in [-0.2, -0.15) is 0 Å². The fraction of sp³-hybridized carbons (Fsp3) is 0. The number of benzene rings is 7. The van der Waals surface area contributed by atoms with E-state index in [1.165, 1.54) is 0 Å². The number of hydrogen-bond donors (Lipinski definition) is 0. The van der Waals surface area contributed by atoms with Crippen molar-refractivity contribution in [1.29, 1.82) is 0 Å². The summed E-state index contributed by atoms with van der Waals surface area (Å²) in [7, 11) is -6.45. The lowest BCUT2D eigenvalue weighted by atomic mass is 10.1. The molecule has 0 saturated heterocycles. The molecule has 47 heavy (non-hydrogen) atoms. The second-order valence-corrected chi connectivity index (χ2v) is 17.1. The molecular formula is C42H31NO2P2. The lowest BCUT2D eigenvalue weighted by molar-refractivity contribution is 0.591. The Balaban J connectivity index is 1.39. The van der Waals surface area contributed by atoms with E-state index in [1.807, 2.05) is 170 Å². The Morgan fingerprint density at radius 1 is 0.340 bits per heavy atom. The molecule has 3 nitrogen and oxygen atoms in total. The number of aromatic nitrogens is 1. The van der Waals surface area contributed by atoms with Crippen molar-refractivity contribution in [2.45, 2.75) is 0 Å². The van der Waals surface area contributed by atoms with E-state index in [9.17, 15) is 0 Å². The SMILES string of the molecule is O=P(c1ccccc1)(c1ccccc1)c1ccc(-n2c3ccccc3c3cccc(P(=O)(c4ccccc4)c4ccccc4)c32)cc1. The smallest absolute Gasteiger partial charge is 0.173 e. The van der Waals surface area contributed by atoms with Crippen LogP contribution >= 0.6 is 14.3 Å². The zero-order valence-electron chi connectivity index (χ0n) is 25.6. The van der Waals surface area contributed by atoms with Gasteiger partial charge in [-0.25, -0.2) is 0 Å². The number of nitrogens with zero attached hydrogens (tertiary/aromatic N) is 1. The van der Waals surface area contributed by atoms with Crippen LogP contribution in [0.2, 0.25) is 0 Å². The van der Waals surface area contributed by atoms with Gasteiger partial charge in [0.15, 0.2) is 14.3 Å². The molecular weight excluding hydrogens is 612 g/mol. The van der Waals surface area contributed by atoms with Gasteiger partial charge in [0.25, 0.3) is 0 Å². The van der Waals surface area contributed by atoms with E-state index in [-0.39, 0.29) is 0 Å². The summed E-state index contributed by atoms with van der Waals surface area (Å²) in [4.78, 5) is 0. The Hall–Kier alpha value is -5.20. The van der Waals surface area contributed by atoms with Crippen LogP contribution in [0.5, 0.6) is 0 Å². The normalized spacial score (nSPS) is 12.0. The average molecular weight is 644 g/mol. The molecule has 0 aliphatic carbocycles. The second kappa shape index (κ2) is 11.9. The first-order valence-corrected chi connectivity index (χ1v) is 19.1. The Labute approximate surface area is 274 Å². The van der Waals surface area contributed by atoms with Crippen LogP contribution < -0.4 is 31.8 Å². The molecule has 0 fully saturated rings. The molecule has 0 atom stereocenters. The van der Waals surface area contributed by atoms with Crippen molar-refractivity contribution in [2.75, 3.05) is 0 Å². The summed E-state index contributed by atoms with van der Waals surface area (Å²) < 4.78 is 33.1. The minimum Gasteiger partial charge on any atom is -0.309 e. The summed E-state index contributed by atoms with van der Waals surface area (Å²) >= 11 is 0. The van der Waals surface area contributed by atoms with Crippen LogP contribution in [0.25, 0.3) is 27.5 Å². The summed E-state index contributed by atoms with van der Waals surface area (Å²) in [5, 5.41) is 6.84. The molecule has 0 spiro atoms. The monoisotopic (exact) mass is 643 g/mol. The largest absolute Gasteiger partial charge is 0.309 e. The Bertz CT molecular complexity index is 2350. The highest BCUT2D eigenvalue weighted by Gasteiger charge is 2.34. The van der Waals surface area contributed by atoms with Crippen LogP contribution in [0.15, 0.2) is 188 Å². The topological polar surface area (TPSA) is 39.1 Å². The molecule has 5 heteroatoms. The van der Waals surface area contributed by atoms with E-state index < -0.39 is 14.3 Å². The van der Waals surface area contributed by atoms with E-state index >= 15 is 9.13 Å². The quantitative estimate of drug-likeness (QED) is 0.165.